The third kappa shape index (κ3) is 5.13. The van der Waals surface area contributed by atoms with Crippen molar-refractivity contribution in [1.29, 1.82) is 0 Å². The molecule has 1 saturated heterocycles. The predicted molar refractivity (Wildman–Crippen MR) is 108 cm³/mol. The van der Waals surface area contributed by atoms with E-state index >= 15 is 0 Å². The van der Waals surface area contributed by atoms with Crippen LogP contribution in [0.25, 0.3) is 0 Å². The second-order valence-corrected chi connectivity index (χ2v) is 8.18. The van der Waals surface area contributed by atoms with Crippen LogP contribution in [0.3, 0.4) is 0 Å². The highest BCUT2D eigenvalue weighted by Crippen LogP contribution is 2.26. The van der Waals surface area contributed by atoms with Gasteiger partial charge in [0.05, 0.1) is 12.0 Å². The normalized spacial score (nSPS) is 17.8. The number of nitrogens with zero attached hydrogens (tertiary/aromatic N) is 1. The van der Waals surface area contributed by atoms with Crippen molar-refractivity contribution < 1.29 is 17.9 Å². The lowest BCUT2D eigenvalue weighted by Gasteiger charge is -2.31. The first-order chi connectivity index (χ1) is 12.5. The molecule has 27 heavy (non-hydrogen) atoms. The Labute approximate surface area is 166 Å². The summed E-state index contributed by atoms with van der Waals surface area (Å²) >= 11 is 0. The predicted octanol–water partition coefficient (Wildman–Crippen LogP) is 3.28. The summed E-state index contributed by atoms with van der Waals surface area (Å²) in [5.41, 5.74) is 0. The molecule has 1 atom stereocenters. The SMILES string of the molecule is CNC1CCCN(S(=O)(=O)c2ccc(Oc3ccc(OC)cc3)cc2)C1.Cl. The second-order valence-electron chi connectivity index (χ2n) is 6.24. The zero-order chi connectivity index (χ0) is 18.6. The Morgan fingerprint density at radius 2 is 1.56 bits per heavy atom. The van der Waals surface area contributed by atoms with Crippen LogP contribution in [0.5, 0.6) is 17.2 Å². The summed E-state index contributed by atoms with van der Waals surface area (Å²) in [6, 6.07) is 14.0. The van der Waals surface area contributed by atoms with E-state index in [0.29, 0.717) is 24.6 Å². The molecule has 2 aromatic rings. The first-order valence-electron chi connectivity index (χ1n) is 8.62. The van der Waals surface area contributed by atoms with Crippen molar-refractivity contribution in [3.63, 3.8) is 0 Å². The van der Waals surface area contributed by atoms with Crippen LogP contribution in [-0.4, -0.2) is 46.0 Å². The summed E-state index contributed by atoms with van der Waals surface area (Å²) in [7, 11) is -0.00798. The fraction of sp³-hybridized carbons (Fsp3) is 0.368. The molecular formula is C19H25ClN2O4S. The topological polar surface area (TPSA) is 67.9 Å². The number of hydrogen-bond donors (Lipinski definition) is 1. The minimum absolute atomic E-state index is 0. The smallest absolute Gasteiger partial charge is 0.243 e. The Bertz CT molecular complexity index is 826. The average molecular weight is 413 g/mol. The van der Waals surface area contributed by atoms with Crippen LogP contribution in [0.2, 0.25) is 0 Å². The van der Waals surface area contributed by atoms with Gasteiger partial charge in [-0.05, 0) is 68.4 Å². The summed E-state index contributed by atoms with van der Waals surface area (Å²) in [5.74, 6) is 2.00. The molecule has 1 unspecified atom stereocenters. The quantitative estimate of drug-likeness (QED) is 0.788. The highest BCUT2D eigenvalue weighted by molar-refractivity contribution is 7.89. The Morgan fingerprint density at radius 3 is 2.11 bits per heavy atom. The van der Waals surface area contributed by atoms with E-state index in [1.54, 1.807) is 47.8 Å². The third-order valence-corrected chi connectivity index (χ3v) is 6.43. The van der Waals surface area contributed by atoms with Gasteiger partial charge in [0.2, 0.25) is 10.0 Å². The van der Waals surface area contributed by atoms with E-state index in [2.05, 4.69) is 5.32 Å². The Kier molecular flexibility index (Phi) is 7.49. The third-order valence-electron chi connectivity index (χ3n) is 4.55. The maximum Gasteiger partial charge on any atom is 0.243 e. The van der Waals surface area contributed by atoms with Gasteiger partial charge in [0, 0.05) is 19.1 Å². The molecule has 8 heteroatoms. The standard InChI is InChI=1S/C19H24N2O4S.ClH/c1-20-15-4-3-13-21(14-15)26(22,23)19-11-9-18(10-12-19)25-17-7-5-16(24-2)6-8-17;/h5-12,15,20H,3-4,13-14H2,1-2H3;1H. The molecule has 148 valence electrons. The number of hydrogen-bond acceptors (Lipinski definition) is 5. The van der Waals surface area contributed by atoms with E-state index in [1.807, 2.05) is 19.2 Å². The maximum absolute atomic E-state index is 12.8. The number of nitrogens with one attached hydrogen (secondary N) is 1. The lowest BCUT2D eigenvalue weighted by atomic mass is 10.1. The molecule has 1 N–H and O–H groups in total. The Balaban J connectivity index is 0.00000261. The average Bonchev–Trinajstić information content (AvgIpc) is 2.69. The zero-order valence-electron chi connectivity index (χ0n) is 15.4. The molecule has 1 aliphatic heterocycles. The number of methoxy groups -OCH3 is 1. The summed E-state index contributed by atoms with van der Waals surface area (Å²) in [6.45, 7) is 1.06. The number of piperidine rings is 1. The number of rotatable bonds is 6. The first kappa shape index (κ1) is 21.5. The van der Waals surface area contributed by atoms with Gasteiger partial charge in [-0.2, -0.15) is 4.31 Å². The van der Waals surface area contributed by atoms with E-state index in [1.165, 1.54) is 0 Å². The molecule has 0 aliphatic carbocycles. The molecule has 0 aromatic heterocycles. The molecule has 0 spiro atoms. The maximum atomic E-state index is 12.8. The van der Waals surface area contributed by atoms with Gasteiger partial charge in [0.15, 0.2) is 0 Å². The van der Waals surface area contributed by atoms with E-state index in [9.17, 15) is 8.42 Å². The monoisotopic (exact) mass is 412 g/mol. The van der Waals surface area contributed by atoms with Crippen molar-refractivity contribution in [3.8, 4) is 17.2 Å². The van der Waals surface area contributed by atoms with Crippen LogP contribution in [-0.2, 0) is 10.0 Å². The number of ether oxygens (including phenoxy) is 2. The van der Waals surface area contributed by atoms with Gasteiger partial charge in [0.25, 0.3) is 0 Å². The molecule has 1 heterocycles. The van der Waals surface area contributed by atoms with Crippen LogP contribution in [0.1, 0.15) is 12.8 Å². The van der Waals surface area contributed by atoms with Crippen molar-refractivity contribution in [3.05, 3.63) is 48.5 Å². The summed E-state index contributed by atoms with van der Waals surface area (Å²) in [5, 5.41) is 3.17. The summed E-state index contributed by atoms with van der Waals surface area (Å²) < 4.78 is 38.1. The fourth-order valence-electron chi connectivity index (χ4n) is 3.00. The number of sulfonamides is 1. The van der Waals surface area contributed by atoms with Gasteiger partial charge >= 0.3 is 0 Å². The van der Waals surface area contributed by atoms with Crippen molar-refractivity contribution in [2.75, 3.05) is 27.2 Å². The zero-order valence-corrected chi connectivity index (χ0v) is 17.1. The molecule has 0 amide bonds. The number of benzene rings is 2. The van der Waals surface area contributed by atoms with Crippen LogP contribution < -0.4 is 14.8 Å². The molecule has 1 fully saturated rings. The summed E-state index contributed by atoms with van der Waals surface area (Å²) in [6.07, 6.45) is 1.86. The van der Waals surface area contributed by atoms with Crippen LogP contribution >= 0.6 is 12.4 Å². The molecule has 0 saturated carbocycles. The lowest BCUT2D eigenvalue weighted by molar-refractivity contribution is 0.293. The van der Waals surface area contributed by atoms with Crippen LogP contribution in [0.4, 0.5) is 0 Å². The van der Waals surface area contributed by atoms with Gasteiger partial charge in [-0.1, -0.05) is 0 Å². The van der Waals surface area contributed by atoms with Crippen molar-refractivity contribution in [2.45, 2.75) is 23.8 Å². The van der Waals surface area contributed by atoms with E-state index in [4.69, 9.17) is 9.47 Å². The summed E-state index contributed by atoms with van der Waals surface area (Å²) in [4.78, 5) is 0.288. The molecular weight excluding hydrogens is 388 g/mol. The van der Waals surface area contributed by atoms with Gasteiger partial charge in [-0.25, -0.2) is 8.42 Å². The first-order valence-corrected chi connectivity index (χ1v) is 10.1. The highest BCUT2D eigenvalue weighted by Gasteiger charge is 2.29. The number of halogens is 1. The Hall–Kier alpha value is -1.80. The van der Waals surface area contributed by atoms with Crippen LogP contribution in [0.15, 0.2) is 53.4 Å². The fourth-order valence-corrected chi connectivity index (χ4v) is 4.53. The largest absolute Gasteiger partial charge is 0.497 e. The molecule has 3 rings (SSSR count). The number of likely N-dealkylation sites (N-methyl/N-ethyl adjacent to an activating group) is 1. The van der Waals surface area contributed by atoms with E-state index in [0.717, 1.165) is 18.6 Å². The highest BCUT2D eigenvalue weighted by atomic mass is 35.5. The molecule has 2 aromatic carbocycles. The van der Waals surface area contributed by atoms with Gasteiger partial charge < -0.3 is 14.8 Å². The van der Waals surface area contributed by atoms with Crippen LogP contribution in [0, 0.1) is 0 Å². The van der Waals surface area contributed by atoms with Crippen molar-refractivity contribution in [2.24, 2.45) is 0 Å². The van der Waals surface area contributed by atoms with Crippen molar-refractivity contribution in [1.82, 2.24) is 9.62 Å². The molecule has 0 radical (unpaired) electrons. The second kappa shape index (κ2) is 9.41. The lowest BCUT2D eigenvalue weighted by Crippen LogP contribution is -2.46. The van der Waals surface area contributed by atoms with Crippen molar-refractivity contribution >= 4 is 22.4 Å². The Morgan fingerprint density at radius 1 is 1.00 bits per heavy atom. The minimum atomic E-state index is -3.48. The molecule has 6 nitrogen and oxygen atoms in total. The molecule has 0 bridgehead atoms. The van der Waals surface area contributed by atoms with E-state index < -0.39 is 10.0 Å². The van der Waals surface area contributed by atoms with Gasteiger partial charge in [-0.3, -0.25) is 0 Å². The minimum Gasteiger partial charge on any atom is -0.497 e. The van der Waals surface area contributed by atoms with Gasteiger partial charge in [0.1, 0.15) is 17.2 Å². The molecule has 1 aliphatic rings. The van der Waals surface area contributed by atoms with Gasteiger partial charge in [-0.15, -0.1) is 12.4 Å². The van der Waals surface area contributed by atoms with E-state index in [-0.39, 0.29) is 23.3 Å².